The van der Waals surface area contributed by atoms with Crippen molar-refractivity contribution in [2.24, 2.45) is 10.1 Å². The number of primary sulfonamides is 1. The summed E-state index contributed by atoms with van der Waals surface area (Å²) in [6.45, 7) is -0.0242. The number of carbonyl (C=O) groups is 1. The van der Waals surface area contributed by atoms with Crippen LogP contribution in [-0.2, 0) is 14.8 Å². The highest BCUT2D eigenvalue weighted by molar-refractivity contribution is 7.89. The number of nitrogens with zero attached hydrogens (tertiary/aromatic N) is 1. The van der Waals surface area contributed by atoms with E-state index in [9.17, 15) is 13.2 Å². The van der Waals surface area contributed by atoms with E-state index in [0.29, 0.717) is 17.0 Å². The van der Waals surface area contributed by atoms with Crippen LogP contribution in [0.2, 0.25) is 0 Å². The van der Waals surface area contributed by atoms with Crippen molar-refractivity contribution in [2.75, 3.05) is 11.9 Å². The number of benzodiazepines with no additional fused rings is 1. The van der Waals surface area contributed by atoms with Gasteiger partial charge < -0.3 is 5.32 Å². The van der Waals surface area contributed by atoms with Gasteiger partial charge in [-0.25, -0.2) is 13.6 Å². The fraction of sp³-hybridized carbons (Fsp3) is 0.0667. The largest absolute Gasteiger partial charge is 0.324 e. The Balaban J connectivity index is 2.18. The van der Waals surface area contributed by atoms with Gasteiger partial charge in [-0.2, -0.15) is 0 Å². The number of nitrogens with one attached hydrogen (secondary N) is 1. The van der Waals surface area contributed by atoms with Crippen molar-refractivity contribution in [2.45, 2.75) is 4.90 Å². The molecule has 6 nitrogen and oxygen atoms in total. The van der Waals surface area contributed by atoms with E-state index in [1.165, 1.54) is 12.1 Å². The SMILES string of the molecule is NS(=O)(=O)c1cccc(C2=NCC(=O)Nc3ccccc32)c1. The molecule has 3 N–H and O–H groups in total. The summed E-state index contributed by atoms with van der Waals surface area (Å²) in [5, 5.41) is 7.94. The predicted octanol–water partition coefficient (Wildman–Crippen LogP) is 1.12. The molecule has 1 aliphatic rings. The first-order valence-electron chi connectivity index (χ1n) is 6.52. The van der Waals surface area contributed by atoms with Crippen LogP contribution in [0, 0.1) is 0 Å². The number of sulfonamides is 1. The first-order valence-corrected chi connectivity index (χ1v) is 8.07. The zero-order valence-electron chi connectivity index (χ0n) is 11.5. The van der Waals surface area contributed by atoms with E-state index < -0.39 is 10.0 Å². The number of aliphatic imine (C=N–C) groups is 1. The second-order valence-electron chi connectivity index (χ2n) is 4.83. The Morgan fingerprint density at radius 1 is 1.09 bits per heavy atom. The number of fused-ring (bicyclic) bond motifs is 1. The maximum atomic E-state index is 11.7. The number of benzene rings is 2. The molecule has 2 aromatic rings. The molecule has 2 aromatic carbocycles. The van der Waals surface area contributed by atoms with Gasteiger partial charge in [0.05, 0.1) is 16.3 Å². The van der Waals surface area contributed by atoms with Crippen LogP contribution in [0.15, 0.2) is 58.4 Å². The maximum absolute atomic E-state index is 11.7. The van der Waals surface area contributed by atoms with E-state index in [-0.39, 0.29) is 17.3 Å². The van der Waals surface area contributed by atoms with Crippen LogP contribution in [-0.4, -0.2) is 26.6 Å². The molecule has 0 fully saturated rings. The number of amides is 1. The van der Waals surface area contributed by atoms with Crippen LogP contribution in [0.25, 0.3) is 0 Å². The Labute approximate surface area is 127 Å². The average Bonchev–Trinajstić information content (AvgIpc) is 2.65. The summed E-state index contributed by atoms with van der Waals surface area (Å²) in [5.41, 5.74) is 2.53. The van der Waals surface area contributed by atoms with Gasteiger partial charge in [0.1, 0.15) is 6.54 Å². The summed E-state index contributed by atoms with van der Waals surface area (Å²) in [5.74, 6) is -0.218. The highest BCUT2D eigenvalue weighted by Crippen LogP contribution is 2.23. The smallest absolute Gasteiger partial charge is 0.246 e. The Hall–Kier alpha value is -2.51. The first-order chi connectivity index (χ1) is 10.4. The lowest BCUT2D eigenvalue weighted by Gasteiger charge is -2.10. The van der Waals surface area contributed by atoms with E-state index in [4.69, 9.17) is 5.14 Å². The van der Waals surface area contributed by atoms with Crippen LogP contribution in [0.1, 0.15) is 11.1 Å². The molecule has 22 heavy (non-hydrogen) atoms. The molecule has 3 rings (SSSR count). The van der Waals surface area contributed by atoms with Crippen molar-refractivity contribution in [3.05, 3.63) is 59.7 Å². The number of carbonyl (C=O) groups excluding carboxylic acids is 1. The molecule has 0 saturated heterocycles. The Morgan fingerprint density at radius 2 is 1.86 bits per heavy atom. The second-order valence-corrected chi connectivity index (χ2v) is 6.39. The molecule has 1 amide bonds. The summed E-state index contributed by atoms with van der Waals surface area (Å²) in [7, 11) is -3.80. The molecular weight excluding hydrogens is 302 g/mol. The van der Waals surface area contributed by atoms with Crippen LogP contribution < -0.4 is 10.5 Å². The summed E-state index contributed by atoms with van der Waals surface area (Å²) in [6.07, 6.45) is 0. The number of anilines is 1. The topological polar surface area (TPSA) is 102 Å². The third kappa shape index (κ3) is 2.76. The molecule has 0 saturated carbocycles. The molecule has 0 atom stereocenters. The number of hydrogen-bond donors (Lipinski definition) is 2. The van der Waals surface area contributed by atoms with Crippen molar-refractivity contribution >= 4 is 27.3 Å². The van der Waals surface area contributed by atoms with Crippen LogP contribution >= 0.6 is 0 Å². The van der Waals surface area contributed by atoms with Gasteiger partial charge in [-0.05, 0) is 18.2 Å². The van der Waals surface area contributed by atoms with Crippen molar-refractivity contribution in [1.82, 2.24) is 0 Å². The average molecular weight is 315 g/mol. The summed E-state index contributed by atoms with van der Waals surface area (Å²) >= 11 is 0. The number of para-hydroxylation sites is 1. The van der Waals surface area contributed by atoms with E-state index in [2.05, 4.69) is 10.3 Å². The standard InChI is InChI=1S/C15H13N3O3S/c16-22(20,21)11-5-3-4-10(8-11)15-12-6-1-2-7-13(12)18-14(19)9-17-15/h1-8H,9H2,(H,18,19)(H2,16,20,21). The molecule has 1 heterocycles. The van der Waals surface area contributed by atoms with E-state index in [1.54, 1.807) is 18.2 Å². The summed E-state index contributed by atoms with van der Waals surface area (Å²) < 4.78 is 23.0. The molecule has 0 bridgehead atoms. The monoisotopic (exact) mass is 315 g/mol. The molecule has 0 aliphatic carbocycles. The summed E-state index contributed by atoms with van der Waals surface area (Å²) in [6, 6.07) is 13.5. The minimum Gasteiger partial charge on any atom is -0.324 e. The first kappa shape index (κ1) is 14.4. The lowest BCUT2D eigenvalue weighted by Crippen LogP contribution is -2.13. The minimum atomic E-state index is -3.80. The third-order valence-corrected chi connectivity index (χ3v) is 4.18. The van der Waals surface area contributed by atoms with Crippen LogP contribution in [0.3, 0.4) is 0 Å². The Morgan fingerprint density at radius 3 is 2.64 bits per heavy atom. The highest BCUT2D eigenvalue weighted by Gasteiger charge is 2.18. The molecule has 0 unspecified atom stereocenters. The molecule has 0 aromatic heterocycles. The van der Waals surface area contributed by atoms with E-state index in [1.807, 2.05) is 18.2 Å². The normalized spacial score (nSPS) is 14.6. The van der Waals surface area contributed by atoms with Crippen molar-refractivity contribution in [3.63, 3.8) is 0 Å². The zero-order valence-corrected chi connectivity index (χ0v) is 12.3. The van der Waals surface area contributed by atoms with E-state index in [0.717, 1.165) is 5.56 Å². The molecule has 0 spiro atoms. The lowest BCUT2D eigenvalue weighted by molar-refractivity contribution is -0.114. The van der Waals surface area contributed by atoms with Gasteiger partial charge in [0.2, 0.25) is 15.9 Å². The predicted molar refractivity (Wildman–Crippen MR) is 83.4 cm³/mol. The van der Waals surface area contributed by atoms with Crippen molar-refractivity contribution in [1.29, 1.82) is 0 Å². The fourth-order valence-electron chi connectivity index (χ4n) is 2.29. The van der Waals surface area contributed by atoms with Gasteiger partial charge in [0, 0.05) is 11.1 Å². The number of nitrogens with two attached hydrogens (primary N) is 1. The van der Waals surface area contributed by atoms with Crippen molar-refractivity contribution in [3.8, 4) is 0 Å². The fourth-order valence-corrected chi connectivity index (χ4v) is 2.85. The quantitative estimate of drug-likeness (QED) is 0.868. The molecule has 0 radical (unpaired) electrons. The van der Waals surface area contributed by atoms with Crippen LogP contribution in [0.5, 0.6) is 0 Å². The minimum absolute atomic E-state index is 0.00807. The maximum Gasteiger partial charge on any atom is 0.246 e. The number of hydrogen-bond acceptors (Lipinski definition) is 4. The summed E-state index contributed by atoms with van der Waals surface area (Å²) in [4.78, 5) is 16.0. The van der Waals surface area contributed by atoms with Gasteiger partial charge in [0.15, 0.2) is 0 Å². The lowest BCUT2D eigenvalue weighted by atomic mass is 10.0. The van der Waals surface area contributed by atoms with Gasteiger partial charge in [-0.1, -0.05) is 30.3 Å². The van der Waals surface area contributed by atoms with Crippen molar-refractivity contribution < 1.29 is 13.2 Å². The van der Waals surface area contributed by atoms with Gasteiger partial charge in [-0.3, -0.25) is 9.79 Å². The molecule has 7 heteroatoms. The molecular formula is C15H13N3O3S. The second kappa shape index (κ2) is 5.36. The van der Waals surface area contributed by atoms with Crippen LogP contribution in [0.4, 0.5) is 5.69 Å². The Bertz CT molecular complexity index is 888. The zero-order chi connectivity index (χ0) is 15.7. The van der Waals surface area contributed by atoms with Gasteiger partial charge in [-0.15, -0.1) is 0 Å². The highest BCUT2D eigenvalue weighted by atomic mass is 32.2. The molecule has 112 valence electrons. The molecule has 1 aliphatic heterocycles. The number of rotatable bonds is 2. The van der Waals surface area contributed by atoms with E-state index >= 15 is 0 Å². The third-order valence-electron chi connectivity index (χ3n) is 3.27. The van der Waals surface area contributed by atoms with Gasteiger partial charge >= 0.3 is 0 Å². The Kier molecular flexibility index (Phi) is 3.51. The van der Waals surface area contributed by atoms with Gasteiger partial charge in [0.25, 0.3) is 0 Å².